The van der Waals surface area contributed by atoms with Gasteiger partial charge < -0.3 is 14.4 Å². The molecule has 1 unspecified atom stereocenters. The molecular formula is C23H26N2O3S2. The van der Waals surface area contributed by atoms with Gasteiger partial charge in [-0.3, -0.25) is 0 Å². The predicted molar refractivity (Wildman–Crippen MR) is 122 cm³/mol. The molecule has 2 aromatic rings. The first-order valence-electron chi connectivity index (χ1n) is 10.3. The largest absolute Gasteiger partial charge is 0.445 e. The maximum atomic E-state index is 12.3. The second-order valence-electron chi connectivity index (χ2n) is 7.55. The number of rotatable bonds is 6. The van der Waals surface area contributed by atoms with Gasteiger partial charge in [0.05, 0.1) is 23.4 Å². The molecular weight excluding hydrogens is 416 g/mol. The number of carbonyl (C=O) groups is 1. The highest BCUT2D eigenvalue weighted by molar-refractivity contribution is 7.84. The van der Waals surface area contributed by atoms with Crippen LogP contribution < -0.4 is 0 Å². The maximum Gasteiger partial charge on any atom is 0.410 e. The molecule has 1 fully saturated rings. The summed E-state index contributed by atoms with van der Waals surface area (Å²) in [5.74, 6) is 0.395. The number of thiazole rings is 1. The first kappa shape index (κ1) is 21.2. The Morgan fingerprint density at radius 1 is 1.20 bits per heavy atom. The fourth-order valence-corrected chi connectivity index (χ4v) is 4.77. The summed E-state index contributed by atoms with van der Waals surface area (Å²) in [4.78, 5) is 19.9. The Morgan fingerprint density at radius 3 is 2.73 bits per heavy atom. The highest BCUT2D eigenvalue weighted by Crippen LogP contribution is 2.31. The monoisotopic (exact) mass is 442 g/mol. The van der Waals surface area contributed by atoms with Gasteiger partial charge in [0, 0.05) is 24.4 Å². The van der Waals surface area contributed by atoms with E-state index in [1.807, 2.05) is 42.5 Å². The van der Waals surface area contributed by atoms with Gasteiger partial charge in [-0.2, -0.15) is 0 Å². The number of carbonyl (C=O) groups excluding carboxylic acids is 1. The molecule has 0 saturated carbocycles. The molecule has 2 heterocycles. The number of hydrogen-bond donors (Lipinski definition) is 1. The molecule has 1 saturated heterocycles. The number of hydrogen-bond acceptors (Lipinski definition) is 6. The van der Waals surface area contributed by atoms with Crippen molar-refractivity contribution < 1.29 is 14.3 Å². The summed E-state index contributed by atoms with van der Waals surface area (Å²) in [7, 11) is 0. The standard InChI is InChI=1S/C23H26N2O3S2/c26-23(28-14-17-4-2-1-3-5-17)25-12-10-18(11-13-25)22-24-19(16-30-22)15-27-20-6-8-21(29)9-7-20/h1-6,8-9,16,18,20,29H,7,10-15H2. The summed E-state index contributed by atoms with van der Waals surface area (Å²) >= 11 is 6.02. The van der Waals surface area contributed by atoms with E-state index in [1.54, 1.807) is 16.2 Å². The van der Waals surface area contributed by atoms with Crippen LogP contribution in [0.5, 0.6) is 0 Å². The van der Waals surface area contributed by atoms with Gasteiger partial charge in [0.15, 0.2) is 0 Å². The van der Waals surface area contributed by atoms with Crippen molar-refractivity contribution in [2.75, 3.05) is 13.1 Å². The fourth-order valence-electron chi connectivity index (χ4n) is 3.60. The number of likely N-dealkylation sites (tertiary alicyclic amines) is 1. The van der Waals surface area contributed by atoms with Crippen LogP contribution in [0, 0.1) is 0 Å². The summed E-state index contributed by atoms with van der Waals surface area (Å²) in [6.07, 6.45) is 8.62. The second-order valence-corrected chi connectivity index (χ2v) is 8.96. The number of benzene rings is 1. The minimum atomic E-state index is -0.232. The van der Waals surface area contributed by atoms with Gasteiger partial charge in [0.1, 0.15) is 6.61 Å². The smallest absolute Gasteiger partial charge is 0.410 e. The van der Waals surface area contributed by atoms with Gasteiger partial charge in [0.2, 0.25) is 0 Å². The van der Waals surface area contributed by atoms with E-state index in [9.17, 15) is 4.79 Å². The lowest BCUT2D eigenvalue weighted by atomic mass is 9.98. The molecule has 4 rings (SSSR count). The number of allylic oxidation sites excluding steroid dienone is 1. The quantitative estimate of drug-likeness (QED) is 0.616. The topological polar surface area (TPSA) is 51.7 Å². The summed E-state index contributed by atoms with van der Waals surface area (Å²) < 4.78 is 11.4. The summed E-state index contributed by atoms with van der Waals surface area (Å²) in [5, 5.41) is 3.23. The van der Waals surface area contributed by atoms with Gasteiger partial charge in [-0.05, 0) is 29.7 Å². The van der Waals surface area contributed by atoms with Crippen LogP contribution in [-0.2, 0) is 22.7 Å². The zero-order valence-electron chi connectivity index (χ0n) is 16.8. The second kappa shape index (κ2) is 10.3. The molecule has 0 N–H and O–H groups in total. The van der Waals surface area contributed by atoms with Gasteiger partial charge in [0.25, 0.3) is 0 Å². The Bertz CT molecular complexity index is 902. The van der Waals surface area contributed by atoms with Crippen LogP contribution in [0.4, 0.5) is 4.79 Å². The molecule has 30 heavy (non-hydrogen) atoms. The van der Waals surface area contributed by atoms with Gasteiger partial charge in [-0.25, -0.2) is 9.78 Å². The summed E-state index contributed by atoms with van der Waals surface area (Å²) in [6, 6.07) is 9.77. The van der Waals surface area contributed by atoms with Crippen LogP contribution in [0.15, 0.2) is 58.8 Å². The van der Waals surface area contributed by atoms with E-state index in [2.05, 4.69) is 24.1 Å². The number of thiol groups is 1. The molecule has 158 valence electrons. The molecule has 0 bridgehead atoms. The molecule has 7 heteroatoms. The van der Waals surface area contributed by atoms with Gasteiger partial charge in [-0.1, -0.05) is 48.6 Å². The molecule has 1 aliphatic heterocycles. The zero-order valence-corrected chi connectivity index (χ0v) is 18.5. The number of aromatic nitrogens is 1. The van der Waals surface area contributed by atoms with Gasteiger partial charge >= 0.3 is 6.09 Å². The Kier molecular flexibility index (Phi) is 7.25. The van der Waals surface area contributed by atoms with Crippen LogP contribution in [0.25, 0.3) is 0 Å². The van der Waals surface area contributed by atoms with Crippen molar-refractivity contribution in [3.63, 3.8) is 0 Å². The summed E-state index contributed by atoms with van der Waals surface area (Å²) in [6.45, 7) is 2.24. The lowest BCUT2D eigenvalue weighted by Gasteiger charge is -2.30. The normalized spacial score (nSPS) is 19.6. The minimum absolute atomic E-state index is 0.0937. The van der Waals surface area contributed by atoms with E-state index in [-0.39, 0.29) is 12.2 Å². The molecule has 1 aliphatic carbocycles. The van der Waals surface area contributed by atoms with E-state index < -0.39 is 0 Å². The molecule has 1 aromatic carbocycles. The Morgan fingerprint density at radius 2 is 2.00 bits per heavy atom. The van der Waals surface area contributed by atoms with E-state index in [4.69, 9.17) is 14.5 Å². The zero-order chi connectivity index (χ0) is 20.8. The molecule has 1 aromatic heterocycles. The first-order chi connectivity index (χ1) is 14.7. The fraction of sp³-hybridized carbons (Fsp3) is 0.391. The van der Waals surface area contributed by atoms with Crippen molar-refractivity contribution in [3.05, 3.63) is 75.1 Å². The third kappa shape index (κ3) is 5.74. The molecule has 2 aliphatic rings. The molecule has 1 atom stereocenters. The minimum Gasteiger partial charge on any atom is -0.445 e. The number of piperidine rings is 1. The molecule has 0 radical (unpaired) electrons. The molecule has 5 nitrogen and oxygen atoms in total. The average Bonchev–Trinajstić information content (AvgIpc) is 3.27. The van der Waals surface area contributed by atoms with E-state index in [0.29, 0.717) is 32.2 Å². The van der Waals surface area contributed by atoms with Crippen LogP contribution in [0.3, 0.4) is 0 Å². The number of ether oxygens (including phenoxy) is 2. The van der Waals surface area contributed by atoms with E-state index in [1.165, 1.54) is 0 Å². The predicted octanol–water partition coefficient (Wildman–Crippen LogP) is 5.32. The Hall–Kier alpha value is -2.09. The van der Waals surface area contributed by atoms with Crippen molar-refractivity contribution in [1.82, 2.24) is 9.88 Å². The Balaban J connectivity index is 1.20. The lowest BCUT2D eigenvalue weighted by Crippen LogP contribution is -2.38. The van der Waals surface area contributed by atoms with Crippen molar-refractivity contribution >= 4 is 30.1 Å². The van der Waals surface area contributed by atoms with Crippen molar-refractivity contribution in [2.45, 2.75) is 44.5 Å². The van der Waals surface area contributed by atoms with Crippen molar-refractivity contribution in [2.24, 2.45) is 0 Å². The van der Waals surface area contributed by atoms with E-state index >= 15 is 0 Å². The van der Waals surface area contributed by atoms with Crippen LogP contribution >= 0.6 is 24.0 Å². The third-order valence-corrected chi connectivity index (χ3v) is 6.75. The van der Waals surface area contributed by atoms with Crippen LogP contribution in [0.2, 0.25) is 0 Å². The summed E-state index contributed by atoms with van der Waals surface area (Å²) in [5.41, 5.74) is 1.98. The average molecular weight is 443 g/mol. The number of amides is 1. The Labute approximate surface area is 186 Å². The van der Waals surface area contributed by atoms with Crippen LogP contribution in [0.1, 0.15) is 41.4 Å². The molecule has 1 amide bonds. The first-order valence-corrected chi connectivity index (χ1v) is 11.6. The third-order valence-electron chi connectivity index (χ3n) is 5.36. The van der Waals surface area contributed by atoms with Crippen molar-refractivity contribution in [1.29, 1.82) is 0 Å². The SMILES string of the molecule is O=C(OCc1ccccc1)N1CCC(c2nc(COC3C=CC(S)=CC3)cs2)CC1. The van der Waals surface area contributed by atoms with Crippen molar-refractivity contribution in [3.8, 4) is 0 Å². The molecule has 0 spiro atoms. The van der Waals surface area contributed by atoms with E-state index in [0.717, 1.165) is 40.4 Å². The number of nitrogens with zero attached hydrogens (tertiary/aromatic N) is 2. The lowest BCUT2D eigenvalue weighted by molar-refractivity contribution is 0.0712. The highest BCUT2D eigenvalue weighted by atomic mass is 32.1. The highest BCUT2D eigenvalue weighted by Gasteiger charge is 2.26. The van der Waals surface area contributed by atoms with Gasteiger partial charge in [-0.15, -0.1) is 24.0 Å². The maximum absolute atomic E-state index is 12.3. The van der Waals surface area contributed by atoms with Crippen LogP contribution in [-0.4, -0.2) is 35.2 Å².